The average molecular weight is 261 g/mol. The second kappa shape index (κ2) is 5.96. The number of benzene rings is 1. The van der Waals surface area contributed by atoms with Crippen LogP contribution in [0.15, 0.2) is 24.3 Å². The van der Waals surface area contributed by atoms with Gasteiger partial charge < -0.3 is 10.1 Å². The van der Waals surface area contributed by atoms with Gasteiger partial charge in [0.25, 0.3) is 0 Å². The minimum absolute atomic E-state index is 0.345. The molecule has 1 aliphatic rings. The van der Waals surface area contributed by atoms with Crippen LogP contribution in [0.2, 0.25) is 0 Å². The molecule has 2 unspecified atom stereocenters. The Balaban J connectivity index is 2.11. The molecule has 0 radical (unpaired) electrons. The fourth-order valence-corrected chi connectivity index (χ4v) is 3.10. The molecule has 1 saturated carbocycles. The maximum absolute atomic E-state index is 5.37. The second-order valence-electron chi connectivity index (χ2n) is 6.22. The van der Waals surface area contributed by atoms with Crippen molar-refractivity contribution >= 4 is 0 Å². The van der Waals surface area contributed by atoms with Crippen LogP contribution >= 0.6 is 0 Å². The van der Waals surface area contributed by atoms with E-state index < -0.39 is 0 Å². The molecule has 0 amide bonds. The molecule has 2 atom stereocenters. The molecule has 1 N–H and O–H groups in total. The fourth-order valence-electron chi connectivity index (χ4n) is 3.10. The largest absolute Gasteiger partial charge is 0.497 e. The molecule has 106 valence electrons. The SMILES string of the molecule is CCC1CC1(CNCC(C)C)c1cccc(OC)c1. The number of rotatable bonds is 7. The maximum Gasteiger partial charge on any atom is 0.119 e. The Morgan fingerprint density at radius 2 is 2.21 bits per heavy atom. The van der Waals surface area contributed by atoms with E-state index >= 15 is 0 Å². The molecule has 19 heavy (non-hydrogen) atoms. The highest BCUT2D eigenvalue weighted by atomic mass is 16.5. The van der Waals surface area contributed by atoms with E-state index in [4.69, 9.17) is 4.74 Å². The highest BCUT2D eigenvalue weighted by Gasteiger charge is 2.53. The Morgan fingerprint density at radius 1 is 1.42 bits per heavy atom. The Kier molecular flexibility index (Phi) is 4.51. The van der Waals surface area contributed by atoms with Crippen molar-refractivity contribution in [3.05, 3.63) is 29.8 Å². The number of hydrogen-bond donors (Lipinski definition) is 1. The predicted molar refractivity (Wildman–Crippen MR) is 80.8 cm³/mol. The zero-order valence-corrected chi connectivity index (χ0v) is 12.7. The molecule has 1 fully saturated rings. The number of ether oxygens (including phenoxy) is 1. The van der Waals surface area contributed by atoms with Crippen molar-refractivity contribution in [3.8, 4) is 5.75 Å². The predicted octanol–water partition coefficient (Wildman–Crippen LogP) is 3.61. The van der Waals surface area contributed by atoms with Gasteiger partial charge in [-0.2, -0.15) is 0 Å². The Bertz CT molecular complexity index is 415. The van der Waals surface area contributed by atoms with Crippen LogP contribution in [0, 0.1) is 11.8 Å². The zero-order valence-electron chi connectivity index (χ0n) is 12.7. The first-order valence-electron chi connectivity index (χ1n) is 7.47. The molecule has 0 saturated heterocycles. The van der Waals surface area contributed by atoms with Crippen molar-refractivity contribution in [1.82, 2.24) is 5.32 Å². The van der Waals surface area contributed by atoms with Gasteiger partial charge in [0.15, 0.2) is 0 Å². The first kappa shape index (κ1) is 14.4. The van der Waals surface area contributed by atoms with Crippen LogP contribution in [0.3, 0.4) is 0 Å². The van der Waals surface area contributed by atoms with Gasteiger partial charge >= 0.3 is 0 Å². The van der Waals surface area contributed by atoms with Crippen LogP contribution in [-0.2, 0) is 5.41 Å². The molecule has 0 spiro atoms. The molecule has 1 aromatic rings. The van der Waals surface area contributed by atoms with Gasteiger partial charge in [0.2, 0.25) is 0 Å². The van der Waals surface area contributed by atoms with Crippen molar-refractivity contribution in [3.63, 3.8) is 0 Å². The highest BCUT2D eigenvalue weighted by molar-refractivity contribution is 5.39. The van der Waals surface area contributed by atoms with Gasteiger partial charge in [-0.15, -0.1) is 0 Å². The standard InChI is InChI=1S/C17H27NO/c1-5-14-10-17(14,12-18-11-13(2)3)15-7-6-8-16(9-15)19-4/h6-9,13-14,18H,5,10-12H2,1-4H3. The van der Waals surface area contributed by atoms with Crippen LogP contribution < -0.4 is 10.1 Å². The van der Waals surface area contributed by atoms with Gasteiger partial charge in [0.05, 0.1) is 7.11 Å². The third kappa shape index (κ3) is 3.11. The lowest BCUT2D eigenvalue weighted by Gasteiger charge is -2.20. The summed E-state index contributed by atoms with van der Waals surface area (Å²) in [5, 5.41) is 3.65. The van der Waals surface area contributed by atoms with E-state index in [1.54, 1.807) is 7.11 Å². The van der Waals surface area contributed by atoms with Crippen molar-refractivity contribution in [2.45, 2.75) is 39.0 Å². The van der Waals surface area contributed by atoms with E-state index in [1.807, 2.05) is 6.07 Å². The molecular weight excluding hydrogens is 234 g/mol. The van der Waals surface area contributed by atoms with Crippen LogP contribution in [-0.4, -0.2) is 20.2 Å². The van der Waals surface area contributed by atoms with Gasteiger partial charge in [0.1, 0.15) is 5.75 Å². The minimum atomic E-state index is 0.345. The Labute approximate surface area is 117 Å². The molecule has 2 heteroatoms. The fraction of sp³-hybridized carbons (Fsp3) is 0.647. The summed E-state index contributed by atoms with van der Waals surface area (Å²) in [6.07, 6.45) is 2.57. The molecular formula is C17H27NO. The molecule has 0 aliphatic heterocycles. The topological polar surface area (TPSA) is 21.3 Å². The van der Waals surface area contributed by atoms with E-state index in [9.17, 15) is 0 Å². The first-order chi connectivity index (χ1) is 9.12. The molecule has 0 heterocycles. The smallest absolute Gasteiger partial charge is 0.119 e. The molecule has 2 nitrogen and oxygen atoms in total. The number of nitrogens with one attached hydrogen (secondary N) is 1. The molecule has 0 aromatic heterocycles. The third-order valence-electron chi connectivity index (χ3n) is 4.36. The lowest BCUT2D eigenvalue weighted by Crippen LogP contribution is -2.31. The van der Waals surface area contributed by atoms with E-state index in [0.29, 0.717) is 11.3 Å². The van der Waals surface area contributed by atoms with E-state index in [1.165, 1.54) is 18.4 Å². The number of hydrogen-bond acceptors (Lipinski definition) is 2. The van der Waals surface area contributed by atoms with Gasteiger partial charge in [-0.25, -0.2) is 0 Å². The van der Waals surface area contributed by atoms with Gasteiger partial charge in [-0.3, -0.25) is 0 Å². The molecule has 0 bridgehead atoms. The van der Waals surface area contributed by atoms with Crippen LogP contribution in [0.25, 0.3) is 0 Å². The van der Waals surface area contributed by atoms with E-state index in [-0.39, 0.29) is 0 Å². The third-order valence-corrected chi connectivity index (χ3v) is 4.36. The van der Waals surface area contributed by atoms with E-state index in [2.05, 4.69) is 44.3 Å². The molecule has 1 aliphatic carbocycles. The summed E-state index contributed by atoms with van der Waals surface area (Å²) in [6, 6.07) is 8.62. The summed E-state index contributed by atoms with van der Waals surface area (Å²) in [6.45, 7) is 9.01. The van der Waals surface area contributed by atoms with Crippen LogP contribution in [0.5, 0.6) is 5.75 Å². The van der Waals surface area contributed by atoms with E-state index in [0.717, 1.165) is 24.8 Å². The summed E-state index contributed by atoms with van der Waals surface area (Å²) in [4.78, 5) is 0. The highest BCUT2D eigenvalue weighted by Crippen LogP contribution is 2.56. The summed E-state index contributed by atoms with van der Waals surface area (Å²) in [7, 11) is 1.74. The average Bonchev–Trinajstić information content (AvgIpc) is 3.13. The second-order valence-corrected chi connectivity index (χ2v) is 6.22. The quantitative estimate of drug-likeness (QED) is 0.809. The van der Waals surface area contributed by atoms with Crippen LogP contribution in [0.4, 0.5) is 0 Å². The van der Waals surface area contributed by atoms with Crippen molar-refractivity contribution in [1.29, 1.82) is 0 Å². The van der Waals surface area contributed by atoms with Gasteiger partial charge in [-0.05, 0) is 42.5 Å². The monoisotopic (exact) mass is 261 g/mol. The summed E-state index contributed by atoms with van der Waals surface area (Å²) < 4.78 is 5.37. The maximum atomic E-state index is 5.37. The first-order valence-corrected chi connectivity index (χ1v) is 7.47. The van der Waals surface area contributed by atoms with Gasteiger partial charge in [-0.1, -0.05) is 39.3 Å². The summed E-state index contributed by atoms with van der Waals surface area (Å²) in [5.41, 5.74) is 1.79. The lowest BCUT2D eigenvalue weighted by atomic mass is 9.92. The normalized spacial score (nSPS) is 25.6. The Morgan fingerprint density at radius 3 is 2.79 bits per heavy atom. The minimum Gasteiger partial charge on any atom is -0.497 e. The summed E-state index contributed by atoms with van der Waals surface area (Å²) >= 11 is 0. The van der Waals surface area contributed by atoms with Crippen molar-refractivity contribution < 1.29 is 4.74 Å². The zero-order chi connectivity index (χ0) is 13.9. The van der Waals surface area contributed by atoms with Crippen molar-refractivity contribution in [2.24, 2.45) is 11.8 Å². The lowest BCUT2D eigenvalue weighted by molar-refractivity contribution is 0.412. The number of methoxy groups -OCH3 is 1. The summed E-state index contributed by atoms with van der Waals surface area (Å²) in [5.74, 6) is 2.50. The molecule has 1 aromatic carbocycles. The van der Waals surface area contributed by atoms with Crippen molar-refractivity contribution in [2.75, 3.05) is 20.2 Å². The Hall–Kier alpha value is -1.02. The van der Waals surface area contributed by atoms with Gasteiger partial charge in [0, 0.05) is 12.0 Å². The van der Waals surface area contributed by atoms with Crippen LogP contribution in [0.1, 0.15) is 39.2 Å². The molecule has 2 rings (SSSR count).